The van der Waals surface area contributed by atoms with Gasteiger partial charge in [-0.3, -0.25) is 4.57 Å². The molecule has 0 heterocycles. The van der Waals surface area contributed by atoms with E-state index in [4.69, 9.17) is 14.9 Å². The normalized spacial score (nSPS) is 11.4. The first-order chi connectivity index (χ1) is 6.32. The maximum absolute atomic E-state index is 10.9. The summed E-state index contributed by atoms with van der Waals surface area (Å²) in [5.41, 5.74) is -0.362. The van der Waals surface area contributed by atoms with Gasteiger partial charge >= 0.3 is 13.6 Å². The second-order valence-corrected chi connectivity index (χ2v) is 5.33. The number of hydrogen-bond acceptors (Lipinski definition) is 2. The quantitative estimate of drug-likeness (QED) is 0.551. The van der Waals surface area contributed by atoms with E-state index < -0.39 is 18.9 Å². The minimum Gasteiger partial charge on any atom is -0.478 e. The van der Waals surface area contributed by atoms with E-state index in [1.165, 1.54) is 18.2 Å². The van der Waals surface area contributed by atoms with Crippen molar-refractivity contribution < 1.29 is 24.3 Å². The number of hydrogen-bond donors (Lipinski definition) is 3. The highest BCUT2D eigenvalue weighted by molar-refractivity contribution is 14.1. The van der Waals surface area contributed by atoms with Gasteiger partial charge in [0, 0.05) is 3.57 Å². The van der Waals surface area contributed by atoms with Crippen molar-refractivity contribution in [3.63, 3.8) is 0 Å². The number of carboxylic acid groups (broad SMARTS) is 1. The molecular weight excluding hydrogens is 322 g/mol. The minimum absolute atomic E-state index is 0.362. The molecule has 76 valence electrons. The molecule has 0 atom stereocenters. The van der Waals surface area contributed by atoms with Gasteiger partial charge in [-0.05, 0) is 40.8 Å². The highest BCUT2D eigenvalue weighted by Gasteiger charge is 2.24. The van der Waals surface area contributed by atoms with E-state index in [0.29, 0.717) is 3.57 Å². The number of aromatic carboxylic acids is 1. The molecule has 0 saturated heterocycles. The molecule has 0 fully saturated rings. The lowest BCUT2D eigenvalue weighted by Crippen LogP contribution is -2.16. The van der Waals surface area contributed by atoms with Crippen LogP contribution in [0.4, 0.5) is 0 Å². The number of rotatable bonds is 2. The standard InChI is InChI=1S/C7H6IO5P/c8-4-1-2-5(7(9)10)6(3-4)14(11,12)13/h1-3H,(H,9,10)(H2,11,12,13). The molecule has 0 aliphatic carbocycles. The SMILES string of the molecule is O=C(O)c1ccc(I)cc1P(=O)(O)O. The molecule has 0 spiro atoms. The molecule has 0 unspecified atom stereocenters. The first kappa shape index (κ1) is 11.6. The van der Waals surface area contributed by atoms with Crippen molar-refractivity contribution in [1.29, 1.82) is 0 Å². The van der Waals surface area contributed by atoms with Gasteiger partial charge in [0.25, 0.3) is 0 Å². The summed E-state index contributed by atoms with van der Waals surface area (Å²) >= 11 is 1.85. The highest BCUT2D eigenvalue weighted by atomic mass is 127. The Kier molecular flexibility index (Phi) is 3.31. The summed E-state index contributed by atoms with van der Waals surface area (Å²) in [6, 6.07) is 3.83. The lowest BCUT2D eigenvalue weighted by Gasteiger charge is -2.07. The molecule has 0 aliphatic heterocycles. The molecule has 0 aromatic heterocycles. The van der Waals surface area contributed by atoms with E-state index in [1.807, 2.05) is 22.6 Å². The van der Waals surface area contributed by atoms with Gasteiger partial charge in [0.15, 0.2) is 0 Å². The van der Waals surface area contributed by atoms with Crippen LogP contribution in [-0.4, -0.2) is 20.9 Å². The van der Waals surface area contributed by atoms with Crippen LogP contribution in [0.25, 0.3) is 0 Å². The first-order valence-corrected chi connectivity index (χ1v) is 6.10. The third-order valence-electron chi connectivity index (χ3n) is 1.50. The molecular formula is C7H6IO5P. The zero-order valence-corrected chi connectivity index (χ0v) is 9.77. The monoisotopic (exact) mass is 328 g/mol. The third kappa shape index (κ3) is 2.54. The Morgan fingerprint density at radius 1 is 1.36 bits per heavy atom. The number of benzene rings is 1. The van der Waals surface area contributed by atoms with Gasteiger partial charge in [0.2, 0.25) is 0 Å². The topological polar surface area (TPSA) is 94.8 Å². The van der Waals surface area contributed by atoms with Gasteiger partial charge in [-0.15, -0.1) is 0 Å². The molecule has 0 radical (unpaired) electrons. The lowest BCUT2D eigenvalue weighted by atomic mass is 10.2. The van der Waals surface area contributed by atoms with Crippen LogP contribution in [0.1, 0.15) is 10.4 Å². The number of carboxylic acids is 1. The molecule has 0 amide bonds. The third-order valence-corrected chi connectivity index (χ3v) is 3.17. The fraction of sp³-hybridized carbons (Fsp3) is 0. The molecule has 1 rings (SSSR count). The van der Waals surface area contributed by atoms with Crippen LogP contribution in [0, 0.1) is 3.57 Å². The van der Waals surface area contributed by atoms with Gasteiger partial charge in [0.1, 0.15) is 0 Å². The van der Waals surface area contributed by atoms with E-state index in [0.717, 1.165) is 0 Å². The summed E-state index contributed by atoms with van der Waals surface area (Å²) in [7, 11) is -4.52. The first-order valence-electron chi connectivity index (χ1n) is 3.41. The highest BCUT2D eigenvalue weighted by Crippen LogP contribution is 2.35. The van der Waals surface area contributed by atoms with Crippen molar-refractivity contribution in [2.24, 2.45) is 0 Å². The fourth-order valence-electron chi connectivity index (χ4n) is 0.927. The van der Waals surface area contributed by atoms with Gasteiger partial charge in [-0.25, -0.2) is 4.79 Å². The van der Waals surface area contributed by atoms with E-state index in [2.05, 4.69) is 0 Å². The van der Waals surface area contributed by atoms with Crippen LogP contribution < -0.4 is 5.30 Å². The van der Waals surface area contributed by atoms with Gasteiger partial charge in [-0.1, -0.05) is 0 Å². The summed E-state index contributed by atoms with van der Waals surface area (Å²) < 4.78 is 11.5. The predicted octanol–water partition coefficient (Wildman–Crippen LogP) is 0.792. The largest absolute Gasteiger partial charge is 0.478 e. The second kappa shape index (κ2) is 3.98. The van der Waals surface area contributed by atoms with E-state index in [9.17, 15) is 9.36 Å². The van der Waals surface area contributed by atoms with Crippen LogP contribution in [0.3, 0.4) is 0 Å². The van der Waals surface area contributed by atoms with Crippen molar-refractivity contribution in [3.05, 3.63) is 27.3 Å². The number of carbonyl (C=O) groups is 1. The predicted molar refractivity (Wildman–Crippen MR) is 57.8 cm³/mol. The summed E-state index contributed by atoms with van der Waals surface area (Å²) in [5.74, 6) is -1.35. The summed E-state index contributed by atoms with van der Waals surface area (Å²) in [6.45, 7) is 0. The molecule has 1 aromatic rings. The molecule has 1 aromatic carbocycles. The Bertz CT molecular complexity index is 424. The lowest BCUT2D eigenvalue weighted by molar-refractivity contribution is 0.0697. The summed E-state index contributed by atoms with van der Waals surface area (Å²) in [6.07, 6.45) is 0. The van der Waals surface area contributed by atoms with Gasteiger partial charge in [0.05, 0.1) is 10.9 Å². The Labute approximate surface area is 93.1 Å². The van der Waals surface area contributed by atoms with Crippen molar-refractivity contribution >= 4 is 41.5 Å². The Balaban J connectivity index is 3.46. The maximum atomic E-state index is 10.9. The van der Waals surface area contributed by atoms with Crippen LogP contribution in [-0.2, 0) is 4.57 Å². The van der Waals surface area contributed by atoms with Crippen molar-refractivity contribution in [2.75, 3.05) is 0 Å². The summed E-state index contributed by atoms with van der Waals surface area (Å²) in [5, 5.41) is 8.23. The Morgan fingerprint density at radius 3 is 2.36 bits per heavy atom. The van der Waals surface area contributed by atoms with Crippen LogP contribution in [0.2, 0.25) is 0 Å². The zero-order chi connectivity index (χ0) is 10.9. The zero-order valence-electron chi connectivity index (χ0n) is 6.72. The molecule has 0 aliphatic rings. The average molecular weight is 328 g/mol. The second-order valence-electron chi connectivity index (χ2n) is 2.51. The van der Waals surface area contributed by atoms with E-state index >= 15 is 0 Å². The number of halogens is 1. The molecule has 14 heavy (non-hydrogen) atoms. The Hall–Kier alpha value is -0.430. The van der Waals surface area contributed by atoms with Crippen LogP contribution >= 0.6 is 30.2 Å². The molecule has 7 heteroatoms. The van der Waals surface area contributed by atoms with Crippen LogP contribution in [0.5, 0.6) is 0 Å². The van der Waals surface area contributed by atoms with Gasteiger partial charge in [-0.2, -0.15) is 0 Å². The molecule has 0 saturated carbocycles. The van der Waals surface area contributed by atoms with Crippen molar-refractivity contribution in [2.45, 2.75) is 0 Å². The molecule has 3 N–H and O–H groups in total. The van der Waals surface area contributed by atoms with Crippen LogP contribution in [0.15, 0.2) is 18.2 Å². The molecule has 5 nitrogen and oxygen atoms in total. The summed E-state index contributed by atoms with van der Waals surface area (Å²) in [4.78, 5) is 28.4. The van der Waals surface area contributed by atoms with E-state index in [1.54, 1.807) is 0 Å². The van der Waals surface area contributed by atoms with E-state index in [-0.39, 0.29) is 5.56 Å². The van der Waals surface area contributed by atoms with Gasteiger partial charge < -0.3 is 14.9 Å². The maximum Gasteiger partial charge on any atom is 0.357 e. The minimum atomic E-state index is -4.52. The van der Waals surface area contributed by atoms with Crippen molar-refractivity contribution in [3.8, 4) is 0 Å². The molecule has 0 bridgehead atoms. The smallest absolute Gasteiger partial charge is 0.357 e. The Morgan fingerprint density at radius 2 is 1.93 bits per heavy atom. The average Bonchev–Trinajstić information content (AvgIpc) is 2.01. The van der Waals surface area contributed by atoms with Crippen molar-refractivity contribution in [1.82, 2.24) is 0 Å². The fourth-order valence-corrected chi connectivity index (χ4v) is 2.46.